The van der Waals surface area contributed by atoms with E-state index in [0.29, 0.717) is 6.61 Å². The van der Waals surface area contributed by atoms with Gasteiger partial charge in [0, 0.05) is 31.3 Å². The van der Waals surface area contributed by atoms with Gasteiger partial charge in [-0.1, -0.05) is 49.6 Å². The van der Waals surface area contributed by atoms with Crippen LogP contribution in [-0.2, 0) is 11.8 Å². The normalized spacial score (nSPS) is 24.2. The second kappa shape index (κ2) is 9.56. The molecule has 0 saturated heterocycles. The highest BCUT2D eigenvalue weighted by molar-refractivity contribution is 6.24. The van der Waals surface area contributed by atoms with Crippen LogP contribution in [0.1, 0.15) is 44.3 Å². The third-order valence-electron chi connectivity index (χ3n) is 4.77. The van der Waals surface area contributed by atoms with Crippen molar-refractivity contribution in [3.8, 4) is 0 Å². The minimum Gasteiger partial charge on any atom is -0.355 e. The molecule has 0 saturated carbocycles. The number of nitrogens with zero attached hydrogens (tertiary/aromatic N) is 3. The molecule has 140 valence electrons. The number of rotatable bonds is 10. The van der Waals surface area contributed by atoms with Crippen LogP contribution < -0.4 is 0 Å². The first-order valence-corrected chi connectivity index (χ1v) is 9.66. The van der Waals surface area contributed by atoms with Gasteiger partial charge in [-0.2, -0.15) is 0 Å². The van der Waals surface area contributed by atoms with E-state index in [1.54, 1.807) is 0 Å². The molecule has 3 unspecified atom stereocenters. The molecule has 2 rings (SSSR count). The second-order valence-corrected chi connectivity index (χ2v) is 7.71. The van der Waals surface area contributed by atoms with E-state index >= 15 is 0 Å². The number of hydrogen-bond acceptors (Lipinski definition) is 3. The van der Waals surface area contributed by atoms with Gasteiger partial charge in [-0.3, -0.25) is 0 Å². The lowest BCUT2D eigenvalue weighted by Crippen LogP contribution is -2.38. The number of imidazole rings is 1. The number of allylic oxidation sites excluding steroid dienone is 2. The molecule has 0 aromatic carbocycles. The largest absolute Gasteiger partial charge is 0.355 e. The molecule has 0 N–H and O–H groups in total. The summed E-state index contributed by atoms with van der Waals surface area (Å²) in [6, 6.07) is 0. The van der Waals surface area contributed by atoms with Gasteiger partial charge < -0.3 is 14.2 Å². The molecule has 1 aromatic rings. The Kier molecular flexibility index (Phi) is 7.73. The Morgan fingerprint density at radius 1 is 1.36 bits per heavy atom. The molecule has 0 aliphatic heterocycles. The first-order chi connectivity index (χ1) is 12.0. The van der Waals surface area contributed by atoms with E-state index in [2.05, 4.69) is 54.7 Å². The number of unbranched alkanes of at least 4 members (excludes halogenated alkanes) is 1. The Bertz CT molecular complexity index is 581. The van der Waals surface area contributed by atoms with Crippen molar-refractivity contribution in [3.63, 3.8) is 0 Å². The highest BCUT2D eigenvalue weighted by atomic mass is 35.5. The van der Waals surface area contributed by atoms with E-state index in [1.165, 1.54) is 0 Å². The zero-order valence-corrected chi connectivity index (χ0v) is 16.7. The van der Waals surface area contributed by atoms with Crippen molar-refractivity contribution in [2.45, 2.75) is 43.6 Å². The van der Waals surface area contributed by atoms with Crippen LogP contribution in [0.4, 0.5) is 0 Å². The fourth-order valence-electron chi connectivity index (χ4n) is 3.40. The summed E-state index contributed by atoms with van der Waals surface area (Å²) in [5.41, 5.74) is 0. The van der Waals surface area contributed by atoms with Gasteiger partial charge in [0.2, 0.25) is 0 Å². The summed E-state index contributed by atoms with van der Waals surface area (Å²) >= 11 is 6.99. The highest BCUT2D eigenvalue weighted by Crippen LogP contribution is 2.43. The first kappa shape index (κ1) is 20.2. The van der Waals surface area contributed by atoms with Crippen molar-refractivity contribution in [2.75, 3.05) is 27.2 Å². The summed E-state index contributed by atoms with van der Waals surface area (Å²) in [5.74, 6) is 1.40. The molecule has 1 aromatic heterocycles. The first-order valence-electron chi connectivity index (χ1n) is 9.28. The molecule has 3 atom stereocenters. The minimum absolute atomic E-state index is 0.0752. The Balaban J connectivity index is 2.16. The smallest absolute Gasteiger partial charge is 0.167 e. The molecule has 25 heavy (non-hydrogen) atoms. The summed E-state index contributed by atoms with van der Waals surface area (Å²) in [5, 5.41) is -0.800. The number of ether oxygens (including phenoxy) is 1. The minimum atomic E-state index is -0.800. The molecule has 0 radical (unpaired) electrons. The van der Waals surface area contributed by atoms with Crippen LogP contribution in [-0.4, -0.2) is 46.8 Å². The van der Waals surface area contributed by atoms with Gasteiger partial charge in [-0.05, 0) is 39.6 Å². The van der Waals surface area contributed by atoms with Gasteiger partial charge in [0.15, 0.2) is 5.06 Å². The van der Waals surface area contributed by atoms with Crippen molar-refractivity contribution in [1.82, 2.24) is 14.5 Å². The Hall–Kier alpha value is -1.10. The number of hydrogen-bond donors (Lipinski definition) is 0. The van der Waals surface area contributed by atoms with Gasteiger partial charge >= 0.3 is 0 Å². The lowest BCUT2D eigenvalue weighted by Gasteiger charge is -2.38. The average Bonchev–Trinajstić information content (AvgIpc) is 2.99. The maximum atomic E-state index is 6.99. The van der Waals surface area contributed by atoms with Crippen LogP contribution in [0.25, 0.3) is 0 Å². The molecule has 1 aliphatic rings. The molecule has 0 spiro atoms. The van der Waals surface area contributed by atoms with Crippen LogP contribution in [0.15, 0.2) is 36.7 Å². The SMILES string of the molecule is CCCCC(c1nccn1C)C1C=CC=CC1(Cl)OCCCN(C)C. The number of halogens is 1. The van der Waals surface area contributed by atoms with Gasteiger partial charge in [0.05, 0.1) is 6.61 Å². The van der Waals surface area contributed by atoms with Crippen molar-refractivity contribution >= 4 is 11.6 Å². The standard InChI is InChI=1S/C20H32ClN3O/c1-5-6-10-17(19-22-13-15-24(19)4)18-11-7-8-12-20(18,21)25-16-9-14-23(2)3/h7-8,11-13,15,17-18H,5-6,9-10,14,16H2,1-4H3. The fourth-order valence-corrected chi connectivity index (χ4v) is 3.78. The Morgan fingerprint density at radius 3 is 2.80 bits per heavy atom. The average molecular weight is 366 g/mol. The number of aromatic nitrogens is 2. The molecule has 0 fully saturated rings. The molecular formula is C20H32ClN3O. The van der Waals surface area contributed by atoms with Crippen molar-refractivity contribution in [2.24, 2.45) is 13.0 Å². The third-order valence-corrected chi connectivity index (χ3v) is 5.26. The molecule has 1 aliphatic carbocycles. The number of aryl methyl sites for hydroxylation is 1. The maximum Gasteiger partial charge on any atom is 0.167 e. The van der Waals surface area contributed by atoms with Gasteiger partial charge in [-0.15, -0.1) is 0 Å². The summed E-state index contributed by atoms with van der Waals surface area (Å²) in [6.45, 7) is 3.87. The summed E-state index contributed by atoms with van der Waals surface area (Å²) in [6.07, 6.45) is 16.5. The Morgan fingerprint density at radius 2 is 2.16 bits per heavy atom. The van der Waals surface area contributed by atoms with E-state index in [4.69, 9.17) is 16.3 Å². The van der Waals surface area contributed by atoms with Crippen molar-refractivity contribution < 1.29 is 4.74 Å². The molecule has 1 heterocycles. The quantitative estimate of drug-likeness (QED) is 0.456. The van der Waals surface area contributed by atoms with E-state index in [0.717, 1.165) is 38.1 Å². The maximum absolute atomic E-state index is 6.99. The lowest BCUT2D eigenvalue weighted by molar-refractivity contribution is 0.0110. The Labute approximate surface area is 157 Å². The molecule has 4 nitrogen and oxygen atoms in total. The zero-order chi connectivity index (χ0) is 18.3. The van der Waals surface area contributed by atoms with Gasteiger partial charge in [-0.25, -0.2) is 4.98 Å². The van der Waals surface area contributed by atoms with Gasteiger partial charge in [0.25, 0.3) is 0 Å². The zero-order valence-electron chi connectivity index (χ0n) is 16.0. The van der Waals surface area contributed by atoms with E-state index in [1.807, 2.05) is 24.5 Å². The van der Waals surface area contributed by atoms with E-state index < -0.39 is 5.06 Å². The lowest BCUT2D eigenvalue weighted by atomic mass is 9.80. The van der Waals surface area contributed by atoms with Gasteiger partial charge in [0.1, 0.15) is 5.82 Å². The fraction of sp³-hybridized carbons (Fsp3) is 0.650. The van der Waals surface area contributed by atoms with Crippen molar-refractivity contribution in [1.29, 1.82) is 0 Å². The summed E-state index contributed by atoms with van der Waals surface area (Å²) in [7, 11) is 6.20. The van der Waals surface area contributed by atoms with Crippen LogP contribution in [0.3, 0.4) is 0 Å². The van der Waals surface area contributed by atoms with Crippen LogP contribution in [0.2, 0.25) is 0 Å². The van der Waals surface area contributed by atoms with E-state index in [9.17, 15) is 0 Å². The van der Waals surface area contributed by atoms with E-state index in [-0.39, 0.29) is 11.8 Å². The predicted molar refractivity (Wildman–Crippen MR) is 105 cm³/mol. The molecule has 5 heteroatoms. The molecule has 0 bridgehead atoms. The van der Waals surface area contributed by atoms with Crippen LogP contribution in [0, 0.1) is 5.92 Å². The van der Waals surface area contributed by atoms with Crippen molar-refractivity contribution in [3.05, 3.63) is 42.5 Å². The topological polar surface area (TPSA) is 30.3 Å². The third kappa shape index (κ3) is 5.44. The summed E-state index contributed by atoms with van der Waals surface area (Å²) < 4.78 is 8.30. The molecular weight excluding hydrogens is 334 g/mol. The summed E-state index contributed by atoms with van der Waals surface area (Å²) in [4.78, 5) is 6.78. The molecule has 0 amide bonds. The monoisotopic (exact) mass is 365 g/mol. The highest BCUT2D eigenvalue weighted by Gasteiger charge is 2.41. The second-order valence-electron chi connectivity index (χ2n) is 7.12. The number of alkyl halides is 1. The van der Waals surface area contributed by atoms with Crippen LogP contribution >= 0.6 is 11.6 Å². The predicted octanol–water partition coefficient (Wildman–Crippen LogP) is 4.34. The van der Waals surface area contributed by atoms with Crippen LogP contribution in [0.5, 0.6) is 0 Å².